The molecule has 0 atom stereocenters. The van der Waals surface area contributed by atoms with E-state index < -0.39 is 0 Å². The maximum Gasteiger partial charge on any atom is 0.0619 e. The zero-order chi connectivity index (χ0) is 51.8. The predicted octanol–water partition coefficient (Wildman–Crippen LogP) is 23.2. The minimum atomic E-state index is 1.17. The maximum absolute atomic E-state index is 2.56. The molecule has 10 aromatic carbocycles. The van der Waals surface area contributed by atoms with Crippen molar-refractivity contribution in [1.29, 1.82) is 0 Å². The van der Waals surface area contributed by atoms with E-state index in [1.165, 1.54) is 239 Å². The van der Waals surface area contributed by atoms with Crippen LogP contribution < -0.4 is 9.80 Å². The molecule has 78 heavy (non-hydrogen) atoms. The monoisotopic (exact) mass is 1010 g/mol. The summed E-state index contributed by atoms with van der Waals surface area (Å²) in [4.78, 5) is 5.08. The van der Waals surface area contributed by atoms with Gasteiger partial charge in [0.05, 0.1) is 11.4 Å². The van der Waals surface area contributed by atoms with Crippen LogP contribution in [0, 0.1) is 0 Å². The fraction of sp³-hybridized carbons (Fsp3) is 0.263. The number of hydrogen-bond acceptors (Lipinski definition) is 2. The Kier molecular flexibility index (Phi) is 13.5. The number of benzene rings is 10. The summed E-state index contributed by atoms with van der Waals surface area (Å²) in [5.74, 6) is 0. The van der Waals surface area contributed by atoms with Gasteiger partial charge in [-0.25, -0.2) is 0 Å². The Morgan fingerprint density at radius 3 is 0.987 bits per heavy atom. The molecule has 4 saturated carbocycles. The van der Waals surface area contributed by atoms with E-state index >= 15 is 0 Å². The van der Waals surface area contributed by atoms with Crippen molar-refractivity contribution >= 4 is 112 Å². The highest BCUT2D eigenvalue weighted by Gasteiger charge is 2.26. The lowest BCUT2D eigenvalue weighted by Gasteiger charge is -2.30. The molecule has 0 aromatic heterocycles. The molecule has 0 bridgehead atoms. The van der Waals surface area contributed by atoms with Gasteiger partial charge < -0.3 is 9.80 Å². The van der Waals surface area contributed by atoms with Crippen molar-refractivity contribution in [3.8, 4) is 0 Å². The molecule has 0 amide bonds. The number of hydrogen-bond donors (Lipinski definition) is 0. The van der Waals surface area contributed by atoms with Gasteiger partial charge >= 0.3 is 0 Å². The molecule has 0 N–H and O–H groups in total. The molecule has 0 unspecified atom stereocenters. The largest absolute Gasteiger partial charge is 0.310 e. The highest BCUT2D eigenvalue weighted by atomic mass is 15.2. The molecular formula is C76H72N2. The summed E-state index contributed by atoms with van der Waals surface area (Å²) in [6, 6.07) is 65.9. The Labute approximate surface area is 462 Å². The van der Waals surface area contributed by atoms with Crippen molar-refractivity contribution in [2.75, 3.05) is 9.80 Å². The van der Waals surface area contributed by atoms with Gasteiger partial charge in [0.15, 0.2) is 0 Å². The molecule has 4 aliphatic rings. The standard InChI is InChI=1S/C76H72N2/c1-5-17-53(18-6-1)49-57-31-39-61(40-32-57)77(62-41-33-58(34-42-62)50-54-19-7-2-8-20-54)72-48-47-67-65-27-15-30-71-75(65)74(70-29-16-28-69(72)73(67)70)66-25-13-14-26-68(66)76(71)78(63-43-35-59(36-44-63)51-55-21-9-3-10-22-55)64-45-37-60(38-46-64)52-56-23-11-4-12-24-56/h13-16,25-52H,1-12,17-24H2. The van der Waals surface area contributed by atoms with Crippen molar-refractivity contribution in [1.82, 2.24) is 0 Å². The summed E-state index contributed by atoms with van der Waals surface area (Å²) >= 11 is 0. The molecular weight excluding hydrogens is 941 g/mol. The lowest BCUT2D eigenvalue weighted by atomic mass is 9.85. The molecule has 0 saturated heterocycles. The van der Waals surface area contributed by atoms with Crippen LogP contribution in [0.15, 0.2) is 192 Å². The molecule has 0 radical (unpaired) electrons. The SMILES string of the molecule is C(=C1CCCCC1)c1ccc(N(c2ccc(C=C3CCCCC3)cc2)c2ccc3c4cccc5c(N(c6ccc(C=C7CCCCC7)cc6)c6ccc(C=C7CCCCC7)cc6)c6ccccc6c(c6cccc2c36)c54)cc1. The van der Waals surface area contributed by atoms with E-state index in [4.69, 9.17) is 0 Å². The van der Waals surface area contributed by atoms with E-state index in [0.717, 1.165) is 0 Å². The van der Waals surface area contributed by atoms with Gasteiger partial charge in [-0.3, -0.25) is 0 Å². The van der Waals surface area contributed by atoms with Gasteiger partial charge in [0, 0.05) is 44.3 Å². The van der Waals surface area contributed by atoms with Gasteiger partial charge in [0.25, 0.3) is 0 Å². The molecule has 0 aliphatic heterocycles. The van der Waals surface area contributed by atoms with E-state index in [2.05, 4.69) is 204 Å². The van der Waals surface area contributed by atoms with E-state index in [-0.39, 0.29) is 0 Å². The molecule has 2 heteroatoms. The smallest absolute Gasteiger partial charge is 0.0619 e. The Bertz CT molecular complexity index is 3770. The predicted molar refractivity (Wildman–Crippen MR) is 339 cm³/mol. The lowest BCUT2D eigenvalue weighted by Crippen LogP contribution is -2.12. The molecule has 0 spiro atoms. The second-order valence-corrected chi connectivity index (χ2v) is 23.3. The molecule has 10 aromatic rings. The minimum Gasteiger partial charge on any atom is -0.310 e. The number of allylic oxidation sites excluding steroid dienone is 4. The van der Waals surface area contributed by atoms with Gasteiger partial charge in [0.1, 0.15) is 0 Å². The average molecular weight is 1010 g/mol. The lowest BCUT2D eigenvalue weighted by molar-refractivity contribution is 0.602. The summed E-state index contributed by atoms with van der Waals surface area (Å²) < 4.78 is 0. The number of anilines is 6. The molecule has 2 nitrogen and oxygen atoms in total. The maximum atomic E-state index is 2.56. The third-order valence-electron chi connectivity index (χ3n) is 18.1. The van der Waals surface area contributed by atoms with Gasteiger partial charge in [-0.2, -0.15) is 0 Å². The zero-order valence-electron chi connectivity index (χ0n) is 45.5. The molecule has 0 heterocycles. The first-order chi connectivity index (χ1) is 38.7. The van der Waals surface area contributed by atoms with E-state index in [9.17, 15) is 0 Å². The van der Waals surface area contributed by atoms with Gasteiger partial charge in [0.2, 0.25) is 0 Å². The number of rotatable bonds is 10. The second kappa shape index (κ2) is 21.6. The van der Waals surface area contributed by atoms with Crippen molar-refractivity contribution in [2.24, 2.45) is 0 Å². The molecule has 4 aliphatic carbocycles. The zero-order valence-corrected chi connectivity index (χ0v) is 45.5. The average Bonchev–Trinajstić information content (AvgIpc) is 3.69. The third-order valence-corrected chi connectivity index (χ3v) is 18.1. The van der Waals surface area contributed by atoms with E-state index in [1.807, 2.05) is 0 Å². The fourth-order valence-corrected chi connectivity index (χ4v) is 14.2. The van der Waals surface area contributed by atoms with Crippen LogP contribution in [0.25, 0.3) is 78.2 Å². The van der Waals surface area contributed by atoms with Crippen LogP contribution in [0.1, 0.15) is 151 Å². The van der Waals surface area contributed by atoms with Crippen LogP contribution in [-0.2, 0) is 0 Å². The van der Waals surface area contributed by atoms with Crippen molar-refractivity contribution < 1.29 is 0 Å². The minimum absolute atomic E-state index is 1.17. The van der Waals surface area contributed by atoms with Crippen LogP contribution in [0.4, 0.5) is 34.1 Å². The Morgan fingerprint density at radius 2 is 0.551 bits per heavy atom. The van der Waals surface area contributed by atoms with Gasteiger partial charge in [-0.15, -0.1) is 0 Å². The first kappa shape index (κ1) is 48.7. The summed E-state index contributed by atoms with van der Waals surface area (Å²) in [6.45, 7) is 0. The quantitative estimate of drug-likeness (QED) is 0.0995. The highest BCUT2D eigenvalue weighted by molar-refractivity contribution is 6.41. The topological polar surface area (TPSA) is 6.48 Å². The van der Waals surface area contributed by atoms with Crippen LogP contribution >= 0.6 is 0 Å². The summed E-state index contributed by atoms with van der Waals surface area (Å²) in [5.41, 5.74) is 18.7. The van der Waals surface area contributed by atoms with Crippen LogP contribution in [0.5, 0.6) is 0 Å². The van der Waals surface area contributed by atoms with Gasteiger partial charge in [-0.05, 0) is 212 Å². The van der Waals surface area contributed by atoms with Crippen LogP contribution in [-0.4, -0.2) is 0 Å². The first-order valence-corrected chi connectivity index (χ1v) is 30.0. The van der Waals surface area contributed by atoms with E-state index in [1.54, 1.807) is 22.3 Å². The summed E-state index contributed by atoms with van der Waals surface area (Å²) in [6.07, 6.45) is 35.5. The van der Waals surface area contributed by atoms with E-state index in [0.29, 0.717) is 0 Å². The summed E-state index contributed by atoms with van der Waals surface area (Å²) in [7, 11) is 0. The Balaban J connectivity index is 0.949. The first-order valence-electron chi connectivity index (χ1n) is 30.0. The fourth-order valence-electron chi connectivity index (χ4n) is 14.2. The third kappa shape index (κ3) is 9.52. The van der Waals surface area contributed by atoms with Crippen LogP contribution in [0.2, 0.25) is 0 Å². The Morgan fingerprint density at radius 1 is 0.231 bits per heavy atom. The number of fused-ring (bicyclic) bond motifs is 4. The van der Waals surface area contributed by atoms with Crippen molar-refractivity contribution in [3.05, 3.63) is 214 Å². The Hall–Kier alpha value is -7.68. The van der Waals surface area contributed by atoms with Gasteiger partial charge in [-0.1, -0.05) is 188 Å². The number of nitrogens with zero attached hydrogens (tertiary/aromatic N) is 2. The normalized spacial score (nSPS) is 16.4. The van der Waals surface area contributed by atoms with Crippen molar-refractivity contribution in [2.45, 2.75) is 128 Å². The molecule has 14 rings (SSSR count). The highest BCUT2D eigenvalue weighted by Crippen LogP contribution is 2.52. The molecule has 386 valence electrons. The van der Waals surface area contributed by atoms with Crippen molar-refractivity contribution in [3.63, 3.8) is 0 Å². The van der Waals surface area contributed by atoms with Crippen LogP contribution in [0.3, 0.4) is 0 Å². The second-order valence-electron chi connectivity index (χ2n) is 23.3. The summed E-state index contributed by atoms with van der Waals surface area (Å²) in [5, 5.41) is 12.9. The molecule has 4 fully saturated rings.